The molecular weight excluding hydrogens is 225 g/mol. The lowest BCUT2D eigenvalue weighted by Crippen LogP contribution is -2.27. The SMILES string of the molecule is CC(C)(C)OC(=O)Nc1ccc(C=O)cc1F. The molecule has 0 unspecified atom stereocenters. The van der Waals surface area contributed by atoms with Crippen LogP contribution in [0.15, 0.2) is 18.2 Å². The zero-order chi connectivity index (χ0) is 13.1. The van der Waals surface area contributed by atoms with Crippen LogP contribution in [0, 0.1) is 5.82 Å². The van der Waals surface area contributed by atoms with E-state index in [0.29, 0.717) is 6.29 Å². The van der Waals surface area contributed by atoms with Gasteiger partial charge in [-0.1, -0.05) is 0 Å². The van der Waals surface area contributed by atoms with Crippen molar-refractivity contribution in [2.75, 3.05) is 5.32 Å². The molecule has 1 N–H and O–H groups in total. The van der Waals surface area contributed by atoms with E-state index in [1.165, 1.54) is 12.1 Å². The number of carbonyl (C=O) groups excluding carboxylic acids is 2. The van der Waals surface area contributed by atoms with Crippen molar-refractivity contribution in [2.45, 2.75) is 26.4 Å². The van der Waals surface area contributed by atoms with Crippen LogP contribution in [0.2, 0.25) is 0 Å². The van der Waals surface area contributed by atoms with E-state index < -0.39 is 17.5 Å². The number of benzene rings is 1. The summed E-state index contributed by atoms with van der Waals surface area (Å²) in [6.07, 6.45) is -0.212. The van der Waals surface area contributed by atoms with Crippen LogP contribution in [0.5, 0.6) is 0 Å². The summed E-state index contributed by atoms with van der Waals surface area (Å²) in [5.74, 6) is -0.680. The Labute approximate surface area is 98.8 Å². The standard InChI is InChI=1S/C12H14FNO3/c1-12(2,3)17-11(16)14-10-5-4-8(7-15)6-9(10)13/h4-7H,1-3H3,(H,14,16). The molecule has 1 rings (SSSR count). The first-order chi connectivity index (χ1) is 7.81. The minimum atomic E-state index is -0.741. The average molecular weight is 239 g/mol. The number of carbonyl (C=O) groups is 2. The molecule has 0 saturated carbocycles. The third-order valence-corrected chi connectivity index (χ3v) is 1.76. The average Bonchev–Trinajstić information content (AvgIpc) is 2.18. The minimum Gasteiger partial charge on any atom is -0.444 e. The first-order valence-corrected chi connectivity index (χ1v) is 5.06. The Kier molecular flexibility index (Phi) is 3.83. The molecule has 0 aliphatic rings. The highest BCUT2D eigenvalue weighted by Crippen LogP contribution is 2.16. The van der Waals surface area contributed by atoms with Gasteiger partial charge in [0.05, 0.1) is 5.69 Å². The number of hydrogen-bond donors (Lipinski definition) is 1. The monoisotopic (exact) mass is 239 g/mol. The van der Waals surface area contributed by atoms with Gasteiger partial charge in [-0.25, -0.2) is 9.18 Å². The van der Waals surface area contributed by atoms with Crippen molar-refractivity contribution < 1.29 is 18.7 Å². The Morgan fingerprint density at radius 3 is 2.53 bits per heavy atom. The van der Waals surface area contributed by atoms with Crippen LogP contribution in [0.4, 0.5) is 14.9 Å². The van der Waals surface area contributed by atoms with E-state index in [4.69, 9.17) is 4.74 Å². The third kappa shape index (κ3) is 4.22. The van der Waals surface area contributed by atoms with E-state index in [9.17, 15) is 14.0 Å². The third-order valence-electron chi connectivity index (χ3n) is 1.76. The molecule has 0 saturated heterocycles. The fourth-order valence-corrected chi connectivity index (χ4v) is 1.12. The summed E-state index contributed by atoms with van der Waals surface area (Å²) in [6.45, 7) is 5.12. The molecule has 0 spiro atoms. The Morgan fingerprint density at radius 1 is 1.41 bits per heavy atom. The van der Waals surface area contributed by atoms with Gasteiger partial charge in [-0.2, -0.15) is 0 Å². The largest absolute Gasteiger partial charge is 0.444 e. The molecule has 17 heavy (non-hydrogen) atoms. The molecule has 1 aromatic carbocycles. The second-order valence-electron chi connectivity index (χ2n) is 4.48. The Balaban J connectivity index is 2.75. The lowest BCUT2D eigenvalue weighted by molar-refractivity contribution is 0.0635. The second kappa shape index (κ2) is 4.95. The predicted molar refractivity (Wildman–Crippen MR) is 61.6 cm³/mol. The quantitative estimate of drug-likeness (QED) is 0.807. The van der Waals surface area contributed by atoms with Crippen molar-refractivity contribution in [3.05, 3.63) is 29.6 Å². The molecule has 0 radical (unpaired) electrons. The zero-order valence-corrected chi connectivity index (χ0v) is 9.91. The Hall–Kier alpha value is -1.91. The van der Waals surface area contributed by atoms with Gasteiger partial charge in [0.15, 0.2) is 0 Å². The number of hydrogen-bond acceptors (Lipinski definition) is 3. The van der Waals surface area contributed by atoms with Gasteiger partial charge in [0.2, 0.25) is 0 Å². The summed E-state index contributed by atoms with van der Waals surface area (Å²) in [5, 5.41) is 2.27. The maximum Gasteiger partial charge on any atom is 0.412 e. The van der Waals surface area contributed by atoms with E-state index in [1.807, 2.05) is 0 Å². The van der Waals surface area contributed by atoms with Gasteiger partial charge in [0, 0.05) is 5.56 Å². The van der Waals surface area contributed by atoms with Gasteiger partial charge in [-0.15, -0.1) is 0 Å². The van der Waals surface area contributed by atoms with Crippen LogP contribution >= 0.6 is 0 Å². The summed E-state index contributed by atoms with van der Waals surface area (Å²) < 4.78 is 18.4. The van der Waals surface area contributed by atoms with Crippen molar-refractivity contribution in [1.29, 1.82) is 0 Å². The highest BCUT2D eigenvalue weighted by Gasteiger charge is 2.17. The summed E-state index contributed by atoms with van der Waals surface area (Å²) in [4.78, 5) is 21.8. The molecule has 0 fully saturated rings. The lowest BCUT2D eigenvalue weighted by Gasteiger charge is -2.19. The second-order valence-corrected chi connectivity index (χ2v) is 4.48. The van der Waals surface area contributed by atoms with Gasteiger partial charge in [-0.05, 0) is 39.0 Å². The molecule has 0 bridgehead atoms. The Morgan fingerprint density at radius 2 is 2.06 bits per heavy atom. The number of nitrogens with one attached hydrogen (secondary N) is 1. The normalized spacial score (nSPS) is 10.8. The fourth-order valence-electron chi connectivity index (χ4n) is 1.12. The molecule has 0 aromatic heterocycles. The molecule has 0 aliphatic heterocycles. The molecule has 5 heteroatoms. The smallest absolute Gasteiger partial charge is 0.412 e. The number of amides is 1. The molecule has 0 atom stereocenters. The lowest BCUT2D eigenvalue weighted by atomic mass is 10.2. The van der Waals surface area contributed by atoms with Gasteiger partial charge in [0.25, 0.3) is 0 Å². The van der Waals surface area contributed by atoms with Crippen LogP contribution in [0.3, 0.4) is 0 Å². The van der Waals surface area contributed by atoms with Gasteiger partial charge >= 0.3 is 6.09 Å². The summed E-state index contributed by atoms with van der Waals surface area (Å²) >= 11 is 0. The summed E-state index contributed by atoms with van der Waals surface area (Å²) in [7, 11) is 0. The highest BCUT2D eigenvalue weighted by molar-refractivity contribution is 5.86. The van der Waals surface area contributed by atoms with Crippen molar-refractivity contribution in [1.82, 2.24) is 0 Å². The van der Waals surface area contributed by atoms with Crippen LogP contribution in [0.1, 0.15) is 31.1 Å². The van der Waals surface area contributed by atoms with E-state index in [0.717, 1.165) is 6.07 Å². The molecule has 0 heterocycles. The van der Waals surface area contributed by atoms with Gasteiger partial charge in [-0.3, -0.25) is 10.1 Å². The molecule has 4 nitrogen and oxygen atoms in total. The molecule has 92 valence electrons. The first-order valence-electron chi connectivity index (χ1n) is 5.06. The highest BCUT2D eigenvalue weighted by atomic mass is 19.1. The molecule has 1 aromatic rings. The van der Waals surface area contributed by atoms with Gasteiger partial charge < -0.3 is 4.74 Å². The number of rotatable bonds is 2. The maximum absolute atomic E-state index is 13.4. The minimum absolute atomic E-state index is 0.0233. The summed E-state index contributed by atoms with van der Waals surface area (Å²) in [5.41, 5.74) is -0.467. The van der Waals surface area contributed by atoms with Crippen molar-refractivity contribution in [3.63, 3.8) is 0 Å². The van der Waals surface area contributed by atoms with Crippen LogP contribution in [0.25, 0.3) is 0 Å². The molecule has 1 amide bonds. The first kappa shape index (κ1) is 13.2. The van der Waals surface area contributed by atoms with Gasteiger partial charge in [0.1, 0.15) is 17.7 Å². The molecule has 0 aliphatic carbocycles. The number of ether oxygens (including phenoxy) is 1. The van der Waals surface area contributed by atoms with Crippen LogP contribution in [-0.4, -0.2) is 18.0 Å². The fraction of sp³-hybridized carbons (Fsp3) is 0.333. The maximum atomic E-state index is 13.4. The number of anilines is 1. The Bertz CT molecular complexity index is 438. The van der Waals surface area contributed by atoms with Crippen molar-refractivity contribution >= 4 is 18.1 Å². The van der Waals surface area contributed by atoms with E-state index >= 15 is 0 Å². The van der Waals surface area contributed by atoms with Crippen molar-refractivity contribution in [2.24, 2.45) is 0 Å². The zero-order valence-electron chi connectivity index (χ0n) is 9.91. The van der Waals surface area contributed by atoms with E-state index in [2.05, 4.69) is 5.32 Å². The van der Waals surface area contributed by atoms with E-state index in [-0.39, 0.29) is 11.3 Å². The van der Waals surface area contributed by atoms with E-state index in [1.54, 1.807) is 20.8 Å². The van der Waals surface area contributed by atoms with Crippen molar-refractivity contribution in [3.8, 4) is 0 Å². The van der Waals surface area contributed by atoms with Crippen LogP contribution in [-0.2, 0) is 4.74 Å². The topological polar surface area (TPSA) is 55.4 Å². The predicted octanol–water partition coefficient (Wildman–Crippen LogP) is 2.99. The number of halogens is 1. The van der Waals surface area contributed by atoms with Crippen LogP contribution < -0.4 is 5.32 Å². The number of aldehydes is 1. The molecular formula is C12H14FNO3. The summed E-state index contributed by atoms with van der Waals surface area (Å²) in [6, 6.07) is 3.76.